The van der Waals surface area contributed by atoms with Gasteiger partial charge in [0.15, 0.2) is 6.61 Å². The van der Waals surface area contributed by atoms with Crippen LogP contribution in [0.2, 0.25) is 0 Å². The number of hydrogen-bond acceptors (Lipinski definition) is 5. The fraction of sp³-hybridized carbons (Fsp3) is 0.357. The van der Waals surface area contributed by atoms with Gasteiger partial charge in [-0.25, -0.2) is 9.59 Å². The summed E-state index contributed by atoms with van der Waals surface area (Å²) in [5.41, 5.74) is 0.117. The molecule has 0 unspecified atom stereocenters. The highest BCUT2D eigenvalue weighted by atomic mass is 16.5. The van der Waals surface area contributed by atoms with E-state index in [1.807, 2.05) is 12.2 Å². The highest BCUT2D eigenvalue weighted by Crippen LogP contribution is 2.11. The van der Waals surface area contributed by atoms with E-state index >= 15 is 0 Å². The first kappa shape index (κ1) is 16.5. The molecular weight excluding hydrogens is 276 g/mol. The van der Waals surface area contributed by atoms with Gasteiger partial charge in [-0.2, -0.15) is 0 Å². The molecule has 1 aromatic rings. The van der Waals surface area contributed by atoms with Crippen LogP contribution < -0.4 is 10.6 Å². The SMILES string of the molecule is CC[C@H](C)NC(=O)NC(=O)COC(=O)c1cccc(O)c1. The molecule has 3 amide bonds. The molecule has 0 spiro atoms. The summed E-state index contributed by atoms with van der Waals surface area (Å²) in [5, 5.41) is 13.8. The van der Waals surface area contributed by atoms with Gasteiger partial charge in [-0.05, 0) is 31.5 Å². The third kappa shape index (κ3) is 5.94. The maximum absolute atomic E-state index is 11.6. The van der Waals surface area contributed by atoms with Crippen molar-refractivity contribution in [3.05, 3.63) is 29.8 Å². The minimum Gasteiger partial charge on any atom is -0.508 e. The molecular formula is C14H18N2O5. The Hall–Kier alpha value is -2.57. The summed E-state index contributed by atoms with van der Waals surface area (Å²) in [7, 11) is 0. The average molecular weight is 294 g/mol. The molecule has 0 aliphatic rings. The van der Waals surface area contributed by atoms with Gasteiger partial charge in [0, 0.05) is 6.04 Å². The molecule has 7 heteroatoms. The van der Waals surface area contributed by atoms with Gasteiger partial charge in [-0.15, -0.1) is 0 Å². The number of urea groups is 1. The van der Waals surface area contributed by atoms with Gasteiger partial charge in [0.05, 0.1) is 5.56 Å². The zero-order chi connectivity index (χ0) is 15.8. The standard InChI is InChI=1S/C14H18N2O5/c1-3-9(2)15-14(20)16-12(18)8-21-13(19)10-5-4-6-11(17)7-10/h4-7,9,17H,3,8H2,1-2H3,(H2,15,16,18,20)/t9-/m0/s1. The quantitative estimate of drug-likeness (QED) is 0.707. The number of amides is 3. The van der Waals surface area contributed by atoms with Crippen LogP contribution in [0.15, 0.2) is 24.3 Å². The third-order valence-electron chi connectivity index (χ3n) is 2.66. The smallest absolute Gasteiger partial charge is 0.338 e. The van der Waals surface area contributed by atoms with Gasteiger partial charge < -0.3 is 15.2 Å². The van der Waals surface area contributed by atoms with E-state index in [9.17, 15) is 19.5 Å². The number of carbonyl (C=O) groups is 3. The number of nitrogens with one attached hydrogen (secondary N) is 2. The molecule has 0 heterocycles. The number of phenolic OH excluding ortho intramolecular Hbond substituents is 1. The van der Waals surface area contributed by atoms with Gasteiger partial charge in [0.25, 0.3) is 5.91 Å². The van der Waals surface area contributed by atoms with E-state index in [-0.39, 0.29) is 17.4 Å². The minimum atomic E-state index is -0.761. The van der Waals surface area contributed by atoms with E-state index in [4.69, 9.17) is 4.74 Å². The number of benzene rings is 1. The number of esters is 1. The molecule has 0 aromatic heterocycles. The van der Waals surface area contributed by atoms with E-state index in [1.165, 1.54) is 24.3 Å². The Balaban J connectivity index is 2.39. The largest absolute Gasteiger partial charge is 0.508 e. The summed E-state index contributed by atoms with van der Waals surface area (Å²) < 4.78 is 4.73. The summed E-state index contributed by atoms with van der Waals surface area (Å²) >= 11 is 0. The van der Waals surface area contributed by atoms with Crippen LogP contribution in [0.25, 0.3) is 0 Å². The average Bonchev–Trinajstić information content (AvgIpc) is 2.44. The topological polar surface area (TPSA) is 105 Å². The van der Waals surface area contributed by atoms with Crippen LogP contribution in [0.5, 0.6) is 5.75 Å². The van der Waals surface area contributed by atoms with Crippen molar-refractivity contribution in [1.82, 2.24) is 10.6 Å². The summed E-state index contributed by atoms with van der Waals surface area (Å²) in [6.07, 6.45) is 0.730. The molecule has 114 valence electrons. The minimum absolute atomic E-state index is 0.0624. The van der Waals surface area contributed by atoms with Crippen LogP contribution in [0.4, 0.5) is 4.79 Å². The van der Waals surface area contributed by atoms with E-state index in [0.29, 0.717) is 0 Å². The Morgan fingerprint density at radius 1 is 1.33 bits per heavy atom. The predicted molar refractivity (Wildman–Crippen MR) is 74.8 cm³/mol. The van der Waals surface area contributed by atoms with Crippen LogP contribution in [0.3, 0.4) is 0 Å². The van der Waals surface area contributed by atoms with Gasteiger partial charge in [0.1, 0.15) is 5.75 Å². The summed E-state index contributed by atoms with van der Waals surface area (Å²) in [4.78, 5) is 34.4. The van der Waals surface area contributed by atoms with Gasteiger partial charge in [0.2, 0.25) is 0 Å². The molecule has 0 saturated heterocycles. The lowest BCUT2D eigenvalue weighted by Gasteiger charge is -2.11. The lowest BCUT2D eigenvalue weighted by molar-refractivity contribution is -0.123. The van der Waals surface area contributed by atoms with Gasteiger partial charge >= 0.3 is 12.0 Å². The van der Waals surface area contributed by atoms with Crippen molar-refractivity contribution in [3.63, 3.8) is 0 Å². The second-order valence-corrected chi connectivity index (χ2v) is 4.46. The van der Waals surface area contributed by atoms with Crippen molar-refractivity contribution in [1.29, 1.82) is 0 Å². The van der Waals surface area contributed by atoms with Crippen molar-refractivity contribution in [2.45, 2.75) is 26.3 Å². The first-order valence-electron chi connectivity index (χ1n) is 6.49. The van der Waals surface area contributed by atoms with Crippen LogP contribution in [-0.2, 0) is 9.53 Å². The monoisotopic (exact) mass is 294 g/mol. The maximum atomic E-state index is 11.6. The summed E-state index contributed by atoms with van der Waals surface area (Å²) in [5.74, 6) is -1.57. The lowest BCUT2D eigenvalue weighted by atomic mass is 10.2. The van der Waals surface area contributed by atoms with E-state index in [0.717, 1.165) is 6.42 Å². The fourth-order valence-corrected chi connectivity index (χ4v) is 1.37. The molecule has 1 aromatic carbocycles. The lowest BCUT2D eigenvalue weighted by Crippen LogP contribution is -2.44. The number of hydrogen-bond donors (Lipinski definition) is 3. The molecule has 3 N–H and O–H groups in total. The number of imide groups is 1. The van der Waals surface area contributed by atoms with Crippen LogP contribution in [0, 0.1) is 0 Å². The number of rotatable bonds is 5. The maximum Gasteiger partial charge on any atom is 0.338 e. The van der Waals surface area contributed by atoms with E-state index in [2.05, 4.69) is 5.32 Å². The highest BCUT2D eigenvalue weighted by molar-refractivity contribution is 5.97. The number of ether oxygens (including phenoxy) is 1. The molecule has 0 fully saturated rings. The van der Waals surface area contributed by atoms with E-state index < -0.39 is 24.5 Å². The number of aromatic hydroxyl groups is 1. The number of phenols is 1. The van der Waals surface area contributed by atoms with Crippen molar-refractivity contribution in [2.75, 3.05) is 6.61 Å². The van der Waals surface area contributed by atoms with Gasteiger partial charge in [-0.1, -0.05) is 13.0 Å². The second-order valence-electron chi connectivity index (χ2n) is 4.46. The molecule has 0 bridgehead atoms. The Morgan fingerprint density at radius 2 is 2.05 bits per heavy atom. The molecule has 0 radical (unpaired) electrons. The Bertz CT molecular complexity index is 530. The third-order valence-corrected chi connectivity index (χ3v) is 2.66. The van der Waals surface area contributed by atoms with Crippen molar-refractivity contribution in [2.24, 2.45) is 0 Å². The Kier molecular flexibility index (Phi) is 6.19. The Labute approximate surface area is 122 Å². The summed E-state index contributed by atoms with van der Waals surface area (Å²) in [6, 6.07) is 4.84. The molecule has 21 heavy (non-hydrogen) atoms. The second kappa shape index (κ2) is 7.88. The predicted octanol–water partition coefficient (Wildman–Crippen LogP) is 1.17. The zero-order valence-electron chi connectivity index (χ0n) is 11.9. The van der Waals surface area contributed by atoms with Crippen LogP contribution >= 0.6 is 0 Å². The molecule has 0 saturated carbocycles. The van der Waals surface area contributed by atoms with E-state index in [1.54, 1.807) is 6.92 Å². The first-order chi connectivity index (χ1) is 9.92. The van der Waals surface area contributed by atoms with Crippen molar-refractivity contribution in [3.8, 4) is 5.75 Å². The molecule has 1 rings (SSSR count). The fourth-order valence-electron chi connectivity index (χ4n) is 1.37. The van der Waals surface area contributed by atoms with Crippen molar-refractivity contribution < 1.29 is 24.2 Å². The first-order valence-corrected chi connectivity index (χ1v) is 6.49. The van der Waals surface area contributed by atoms with Crippen LogP contribution in [0.1, 0.15) is 30.6 Å². The Morgan fingerprint density at radius 3 is 2.67 bits per heavy atom. The van der Waals surface area contributed by atoms with Crippen LogP contribution in [-0.4, -0.2) is 35.7 Å². The molecule has 1 atom stereocenters. The van der Waals surface area contributed by atoms with Gasteiger partial charge in [-0.3, -0.25) is 10.1 Å². The summed E-state index contributed by atoms with van der Waals surface area (Å²) in [6.45, 7) is 3.11. The molecule has 0 aliphatic heterocycles. The zero-order valence-corrected chi connectivity index (χ0v) is 11.9. The normalized spacial score (nSPS) is 11.3. The molecule has 0 aliphatic carbocycles. The van der Waals surface area contributed by atoms with Crippen molar-refractivity contribution >= 4 is 17.9 Å². The molecule has 7 nitrogen and oxygen atoms in total. The number of carbonyl (C=O) groups excluding carboxylic acids is 3. The highest BCUT2D eigenvalue weighted by Gasteiger charge is 2.13.